The van der Waals surface area contributed by atoms with E-state index >= 15 is 0 Å². The highest BCUT2D eigenvalue weighted by atomic mass is 15.6. The SMILES string of the molecule is Cc1cc(C)c(C2=CCN(c3ccccc3)N2C=Cc2ccccc2)c(C)c1. The van der Waals surface area contributed by atoms with Gasteiger partial charge >= 0.3 is 0 Å². The minimum atomic E-state index is 0.852. The summed E-state index contributed by atoms with van der Waals surface area (Å²) in [7, 11) is 0. The van der Waals surface area contributed by atoms with Gasteiger partial charge in [-0.25, -0.2) is 0 Å². The summed E-state index contributed by atoms with van der Waals surface area (Å²) in [6.07, 6.45) is 6.68. The number of nitrogens with zero attached hydrogens (tertiary/aromatic N) is 2. The molecule has 0 aliphatic carbocycles. The van der Waals surface area contributed by atoms with E-state index in [-0.39, 0.29) is 0 Å². The standard InChI is InChI=1S/C26H26N2/c1-20-18-21(2)26(22(3)19-20)25-15-17-27(24-12-8-5-9-13-24)28(25)16-14-23-10-6-4-7-11-23/h4-16,18-19H,17H2,1-3H3. The molecule has 0 fully saturated rings. The minimum Gasteiger partial charge on any atom is -0.277 e. The van der Waals surface area contributed by atoms with E-state index in [1.54, 1.807) is 0 Å². The zero-order chi connectivity index (χ0) is 19.5. The maximum Gasteiger partial charge on any atom is 0.0682 e. The van der Waals surface area contributed by atoms with E-state index in [9.17, 15) is 0 Å². The third-order valence-corrected chi connectivity index (χ3v) is 5.16. The molecule has 4 rings (SSSR count). The monoisotopic (exact) mass is 366 g/mol. The van der Waals surface area contributed by atoms with Crippen LogP contribution in [0.25, 0.3) is 11.8 Å². The first-order chi connectivity index (χ1) is 13.6. The Hall–Kier alpha value is -3.26. The lowest BCUT2D eigenvalue weighted by atomic mass is 9.97. The van der Waals surface area contributed by atoms with Crippen molar-refractivity contribution in [2.75, 3.05) is 11.6 Å². The predicted molar refractivity (Wildman–Crippen MR) is 120 cm³/mol. The predicted octanol–water partition coefficient (Wildman–Crippen LogP) is 6.36. The summed E-state index contributed by atoms with van der Waals surface area (Å²) in [6, 6.07) is 25.6. The van der Waals surface area contributed by atoms with Crippen LogP contribution in [-0.4, -0.2) is 11.6 Å². The van der Waals surface area contributed by atoms with E-state index in [1.807, 2.05) is 6.07 Å². The second-order valence-electron chi connectivity index (χ2n) is 7.35. The second-order valence-corrected chi connectivity index (χ2v) is 7.35. The average Bonchev–Trinajstić information content (AvgIpc) is 3.10. The molecule has 3 aromatic rings. The summed E-state index contributed by atoms with van der Waals surface area (Å²) in [4.78, 5) is 0. The number of hydrogen-bond acceptors (Lipinski definition) is 2. The number of benzene rings is 3. The van der Waals surface area contributed by atoms with E-state index < -0.39 is 0 Å². The van der Waals surface area contributed by atoms with Gasteiger partial charge in [0.15, 0.2) is 0 Å². The molecule has 3 aromatic carbocycles. The summed E-state index contributed by atoms with van der Waals surface area (Å²) < 4.78 is 0. The van der Waals surface area contributed by atoms with E-state index in [4.69, 9.17) is 0 Å². The van der Waals surface area contributed by atoms with Gasteiger partial charge in [-0.1, -0.05) is 66.2 Å². The van der Waals surface area contributed by atoms with Gasteiger partial charge in [-0.2, -0.15) is 0 Å². The van der Waals surface area contributed by atoms with Crippen molar-refractivity contribution in [1.29, 1.82) is 0 Å². The third kappa shape index (κ3) is 3.59. The van der Waals surface area contributed by atoms with Crippen LogP contribution in [0.1, 0.15) is 27.8 Å². The molecule has 0 atom stereocenters. The summed E-state index contributed by atoms with van der Waals surface area (Å²) in [5.74, 6) is 0. The van der Waals surface area contributed by atoms with E-state index in [1.165, 1.54) is 39.2 Å². The van der Waals surface area contributed by atoms with Crippen molar-refractivity contribution in [3.05, 3.63) is 113 Å². The van der Waals surface area contributed by atoms with E-state index in [0.717, 1.165) is 6.54 Å². The van der Waals surface area contributed by atoms with Crippen LogP contribution in [0.3, 0.4) is 0 Å². The number of anilines is 1. The zero-order valence-corrected chi connectivity index (χ0v) is 16.8. The van der Waals surface area contributed by atoms with Crippen LogP contribution in [0.5, 0.6) is 0 Å². The first kappa shape index (κ1) is 18.1. The Morgan fingerprint density at radius 1 is 0.786 bits per heavy atom. The quantitative estimate of drug-likeness (QED) is 0.530. The van der Waals surface area contributed by atoms with Crippen molar-refractivity contribution in [2.45, 2.75) is 20.8 Å². The lowest BCUT2D eigenvalue weighted by molar-refractivity contribution is 0.526. The van der Waals surface area contributed by atoms with Crippen molar-refractivity contribution in [3.8, 4) is 0 Å². The first-order valence-corrected chi connectivity index (χ1v) is 9.77. The molecule has 0 aromatic heterocycles. The van der Waals surface area contributed by atoms with Crippen LogP contribution in [0.15, 0.2) is 85.1 Å². The molecule has 0 saturated heterocycles. The van der Waals surface area contributed by atoms with Crippen molar-refractivity contribution < 1.29 is 0 Å². The maximum absolute atomic E-state index is 2.33. The smallest absolute Gasteiger partial charge is 0.0682 e. The molecule has 28 heavy (non-hydrogen) atoms. The lowest BCUT2D eigenvalue weighted by Crippen LogP contribution is -2.33. The Morgan fingerprint density at radius 2 is 1.39 bits per heavy atom. The summed E-state index contributed by atoms with van der Waals surface area (Å²) in [6.45, 7) is 7.43. The Bertz CT molecular complexity index is 994. The van der Waals surface area contributed by atoms with Crippen LogP contribution >= 0.6 is 0 Å². The molecule has 1 aliphatic rings. The topological polar surface area (TPSA) is 6.48 Å². The van der Waals surface area contributed by atoms with Gasteiger partial charge in [0.05, 0.1) is 17.9 Å². The largest absolute Gasteiger partial charge is 0.277 e. The number of hydrogen-bond donors (Lipinski definition) is 0. The fourth-order valence-electron chi connectivity index (χ4n) is 4.00. The van der Waals surface area contributed by atoms with Crippen LogP contribution in [-0.2, 0) is 0 Å². The Kier molecular flexibility index (Phi) is 5.03. The molecular formula is C26H26N2. The van der Waals surface area contributed by atoms with Gasteiger partial charge in [0.2, 0.25) is 0 Å². The molecule has 1 aliphatic heterocycles. The first-order valence-electron chi connectivity index (χ1n) is 9.77. The van der Waals surface area contributed by atoms with Crippen molar-refractivity contribution in [2.24, 2.45) is 0 Å². The molecule has 0 bridgehead atoms. The highest BCUT2D eigenvalue weighted by Crippen LogP contribution is 2.35. The molecule has 0 spiro atoms. The number of hydrazine groups is 1. The summed E-state index contributed by atoms with van der Waals surface area (Å²) in [5, 5.41) is 4.60. The Morgan fingerprint density at radius 3 is 2.04 bits per heavy atom. The molecule has 1 heterocycles. The Balaban J connectivity index is 1.76. The van der Waals surface area contributed by atoms with Gasteiger partial charge in [0, 0.05) is 11.8 Å². The molecule has 0 unspecified atom stereocenters. The highest BCUT2D eigenvalue weighted by Gasteiger charge is 2.25. The maximum atomic E-state index is 2.33. The molecule has 0 N–H and O–H groups in total. The lowest BCUT2D eigenvalue weighted by Gasteiger charge is -2.32. The molecule has 0 amide bonds. The van der Waals surface area contributed by atoms with Crippen molar-refractivity contribution in [3.63, 3.8) is 0 Å². The third-order valence-electron chi connectivity index (χ3n) is 5.16. The highest BCUT2D eigenvalue weighted by molar-refractivity contribution is 5.76. The average molecular weight is 367 g/mol. The normalized spacial score (nSPS) is 14.0. The fourth-order valence-corrected chi connectivity index (χ4v) is 4.00. The zero-order valence-electron chi connectivity index (χ0n) is 16.8. The van der Waals surface area contributed by atoms with Crippen LogP contribution in [0, 0.1) is 20.8 Å². The van der Waals surface area contributed by atoms with Gasteiger partial charge < -0.3 is 0 Å². The van der Waals surface area contributed by atoms with Crippen LogP contribution in [0.2, 0.25) is 0 Å². The number of para-hydroxylation sites is 1. The second kappa shape index (κ2) is 7.77. The van der Waals surface area contributed by atoms with E-state index in [2.05, 4.69) is 116 Å². The van der Waals surface area contributed by atoms with Crippen molar-refractivity contribution in [1.82, 2.24) is 5.01 Å². The molecule has 2 heteroatoms. The van der Waals surface area contributed by atoms with Crippen LogP contribution in [0.4, 0.5) is 5.69 Å². The van der Waals surface area contributed by atoms with Gasteiger partial charge in [-0.3, -0.25) is 10.0 Å². The van der Waals surface area contributed by atoms with Crippen molar-refractivity contribution >= 4 is 17.5 Å². The Labute approximate surface area is 168 Å². The molecule has 140 valence electrons. The molecule has 2 nitrogen and oxygen atoms in total. The van der Waals surface area contributed by atoms with Gasteiger partial charge in [0.25, 0.3) is 0 Å². The molecular weight excluding hydrogens is 340 g/mol. The van der Waals surface area contributed by atoms with Gasteiger partial charge in [0.1, 0.15) is 0 Å². The minimum absolute atomic E-state index is 0.852. The summed E-state index contributed by atoms with van der Waals surface area (Å²) >= 11 is 0. The number of rotatable bonds is 4. The van der Waals surface area contributed by atoms with Gasteiger partial charge in [-0.05, 0) is 61.7 Å². The van der Waals surface area contributed by atoms with E-state index in [0.29, 0.717) is 0 Å². The molecule has 0 saturated carbocycles. The fraction of sp³-hybridized carbons (Fsp3) is 0.154. The summed E-state index contributed by atoms with van der Waals surface area (Å²) in [5.41, 5.74) is 8.89. The number of aryl methyl sites for hydroxylation is 3. The molecule has 0 radical (unpaired) electrons. The van der Waals surface area contributed by atoms with Gasteiger partial charge in [-0.15, -0.1) is 0 Å². The van der Waals surface area contributed by atoms with Crippen LogP contribution < -0.4 is 5.01 Å².